The fraction of sp³-hybridized carbons (Fsp3) is 0.417. The van der Waals surface area contributed by atoms with E-state index in [9.17, 15) is 4.79 Å². The van der Waals surface area contributed by atoms with E-state index in [1.165, 1.54) is 0 Å². The SMILES string of the molecule is Cn1cccc1C=CC1(C)COC(C=O)N1. The van der Waals surface area contributed by atoms with E-state index in [0.717, 1.165) is 12.0 Å². The van der Waals surface area contributed by atoms with E-state index in [1.807, 2.05) is 49.0 Å². The summed E-state index contributed by atoms with van der Waals surface area (Å²) in [6, 6.07) is 4.03. The summed E-state index contributed by atoms with van der Waals surface area (Å²) in [6.45, 7) is 2.52. The predicted molar refractivity (Wildman–Crippen MR) is 61.8 cm³/mol. The van der Waals surface area contributed by atoms with Crippen LogP contribution in [0.1, 0.15) is 12.6 Å². The molecular formula is C12H16N2O2. The van der Waals surface area contributed by atoms with Gasteiger partial charge in [-0.05, 0) is 25.1 Å². The Morgan fingerprint density at radius 3 is 3.06 bits per heavy atom. The molecule has 0 aliphatic carbocycles. The highest BCUT2D eigenvalue weighted by molar-refractivity contribution is 5.57. The molecule has 0 spiro atoms. The molecule has 2 unspecified atom stereocenters. The van der Waals surface area contributed by atoms with E-state index in [4.69, 9.17) is 4.74 Å². The first-order valence-corrected chi connectivity index (χ1v) is 5.28. The predicted octanol–water partition coefficient (Wildman–Crippen LogP) is 0.942. The first-order valence-electron chi connectivity index (χ1n) is 5.28. The Morgan fingerprint density at radius 2 is 2.50 bits per heavy atom. The summed E-state index contributed by atoms with van der Waals surface area (Å²) in [4.78, 5) is 10.6. The molecule has 1 fully saturated rings. The van der Waals surface area contributed by atoms with Gasteiger partial charge in [-0.1, -0.05) is 6.08 Å². The Balaban J connectivity index is 2.07. The second kappa shape index (κ2) is 4.23. The normalized spacial score (nSPS) is 30.0. The highest BCUT2D eigenvalue weighted by Gasteiger charge is 2.32. The van der Waals surface area contributed by atoms with E-state index >= 15 is 0 Å². The van der Waals surface area contributed by atoms with Crippen LogP contribution in [0.15, 0.2) is 24.4 Å². The van der Waals surface area contributed by atoms with Crippen molar-refractivity contribution in [3.05, 3.63) is 30.1 Å². The highest BCUT2D eigenvalue weighted by Crippen LogP contribution is 2.17. The van der Waals surface area contributed by atoms with Crippen molar-refractivity contribution in [1.82, 2.24) is 9.88 Å². The van der Waals surface area contributed by atoms with Crippen LogP contribution in [0.4, 0.5) is 0 Å². The van der Waals surface area contributed by atoms with Gasteiger partial charge in [-0.15, -0.1) is 0 Å². The molecule has 4 nitrogen and oxygen atoms in total. The number of hydrogen-bond donors (Lipinski definition) is 1. The molecule has 0 bridgehead atoms. The molecule has 2 atom stereocenters. The average molecular weight is 220 g/mol. The third-order valence-corrected chi connectivity index (χ3v) is 2.76. The third kappa shape index (κ3) is 2.23. The topological polar surface area (TPSA) is 43.3 Å². The van der Waals surface area contributed by atoms with Gasteiger partial charge in [0.05, 0.1) is 12.1 Å². The number of aryl methyl sites for hydroxylation is 1. The van der Waals surface area contributed by atoms with Gasteiger partial charge in [0, 0.05) is 18.9 Å². The fourth-order valence-electron chi connectivity index (χ4n) is 1.76. The van der Waals surface area contributed by atoms with Crippen LogP contribution in [0, 0.1) is 0 Å². The van der Waals surface area contributed by atoms with Gasteiger partial charge in [-0.2, -0.15) is 0 Å². The standard InChI is InChI=1S/C12H16N2O2/c1-12(9-16-11(8-15)13-12)6-5-10-4-3-7-14(10)2/h3-8,11,13H,9H2,1-2H3. The van der Waals surface area contributed by atoms with Crippen LogP contribution in [-0.4, -0.2) is 29.2 Å². The molecule has 1 saturated heterocycles. The van der Waals surface area contributed by atoms with Crippen LogP contribution in [0.2, 0.25) is 0 Å². The maximum Gasteiger partial charge on any atom is 0.165 e. The maximum absolute atomic E-state index is 10.6. The van der Waals surface area contributed by atoms with Crippen molar-refractivity contribution in [1.29, 1.82) is 0 Å². The molecule has 0 aromatic carbocycles. The van der Waals surface area contributed by atoms with E-state index in [1.54, 1.807) is 0 Å². The van der Waals surface area contributed by atoms with Crippen molar-refractivity contribution in [3.63, 3.8) is 0 Å². The molecule has 1 N–H and O–H groups in total. The number of carbonyl (C=O) groups excluding carboxylic acids is 1. The first kappa shape index (κ1) is 11.1. The van der Waals surface area contributed by atoms with Crippen molar-refractivity contribution in [3.8, 4) is 0 Å². The van der Waals surface area contributed by atoms with Gasteiger partial charge < -0.3 is 9.30 Å². The smallest absolute Gasteiger partial charge is 0.165 e. The van der Waals surface area contributed by atoms with Gasteiger partial charge in [-0.25, -0.2) is 0 Å². The van der Waals surface area contributed by atoms with Crippen LogP contribution >= 0.6 is 0 Å². The number of aromatic nitrogens is 1. The third-order valence-electron chi connectivity index (χ3n) is 2.76. The molecule has 2 heterocycles. The largest absolute Gasteiger partial charge is 0.354 e. The van der Waals surface area contributed by atoms with Crippen molar-refractivity contribution >= 4 is 12.4 Å². The van der Waals surface area contributed by atoms with Gasteiger partial charge in [0.1, 0.15) is 0 Å². The summed E-state index contributed by atoms with van der Waals surface area (Å²) in [7, 11) is 1.99. The quantitative estimate of drug-likeness (QED) is 0.771. The van der Waals surface area contributed by atoms with Gasteiger partial charge in [0.2, 0.25) is 0 Å². The lowest BCUT2D eigenvalue weighted by Gasteiger charge is -2.17. The zero-order valence-corrected chi connectivity index (χ0v) is 9.51. The molecule has 1 aromatic rings. The lowest BCUT2D eigenvalue weighted by molar-refractivity contribution is -0.116. The zero-order chi connectivity index (χ0) is 11.6. The van der Waals surface area contributed by atoms with E-state index in [0.29, 0.717) is 6.61 Å². The Labute approximate surface area is 94.9 Å². The van der Waals surface area contributed by atoms with Crippen molar-refractivity contribution in [2.45, 2.75) is 18.7 Å². The molecule has 2 rings (SSSR count). The number of nitrogens with zero attached hydrogens (tertiary/aromatic N) is 1. The average Bonchev–Trinajstić information content (AvgIpc) is 2.83. The van der Waals surface area contributed by atoms with Crippen LogP contribution in [0.25, 0.3) is 6.08 Å². The molecule has 0 radical (unpaired) electrons. The summed E-state index contributed by atoms with van der Waals surface area (Å²) >= 11 is 0. The Morgan fingerprint density at radius 1 is 1.69 bits per heavy atom. The van der Waals surface area contributed by atoms with Gasteiger partial charge >= 0.3 is 0 Å². The Bertz CT molecular complexity index is 411. The Hall–Kier alpha value is -1.39. The summed E-state index contributed by atoms with van der Waals surface area (Å²) in [5.41, 5.74) is 0.855. The minimum Gasteiger partial charge on any atom is -0.354 e. The lowest BCUT2D eigenvalue weighted by atomic mass is 10.0. The highest BCUT2D eigenvalue weighted by atomic mass is 16.5. The molecule has 1 aliphatic heterocycles. The minimum absolute atomic E-state index is 0.268. The van der Waals surface area contributed by atoms with E-state index in [2.05, 4.69) is 5.32 Å². The van der Waals surface area contributed by atoms with Crippen LogP contribution < -0.4 is 5.32 Å². The van der Waals surface area contributed by atoms with E-state index < -0.39 is 6.23 Å². The molecule has 0 amide bonds. The lowest BCUT2D eigenvalue weighted by Crippen LogP contribution is -2.40. The number of hydrogen-bond acceptors (Lipinski definition) is 3. The molecule has 0 saturated carbocycles. The maximum atomic E-state index is 10.6. The molecule has 86 valence electrons. The molecule has 1 aliphatic rings. The van der Waals surface area contributed by atoms with Gasteiger partial charge in [0.15, 0.2) is 12.5 Å². The number of rotatable bonds is 3. The monoisotopic (exact) mass is 220 g/mol. The van der Waals surface area contributed by atoms with Crippen LogP contribution in [-0.2, 0) is 16.6 Å². The molecule has 16 heavy (non-hydrogen) atoms. The number of nitrogens with one attached hydrogen (secondary N) is 1. The number of aldehydes is 1. The number of ether oxygens (including phenoxy) is 1. The minimum atomic E-state index is -0.483. The second-order valence-corrected chi connectivity index (χ2v) is 4.31. The van der Waals surface area contributed by atoms with Crippen molar-refractivity contribution in [2.24, 2.45) is 7.05 Å². The Kier molecular flexibility index (Phi) is 2.94. The fourth-order valence-corrected chi connectivity index (χ4v) is 1.76. The van der Waals surface area contributed by atoms with Gasteiger partial charge in [0.25, 0.3) is 0 Å². The van der Waals surface area contributed by atoms with Crippen molar-refractivity contribution < 1.29 is 9.53 Å². The van der Waals surface area contributed by atoms with Crippen molar-refractivity contribution in [2.75, 3.05) is 6.61 Å². The second-order valence-electron chi connectivity index (χ2n) is 4.31. The van der Waals surface area contributed by atoms with Crippen LogP contribution in [0.5, 0.6) is 0 Å². The molecule has 1 aromatic heterocycles. The summed E-state index contributed by atoms with van der Waals surface area (Å²) in [5, 5.41) is 3.11. The molecule has 4 heteroatoms. The zero-order valence-electron chi connectivity index (χ0n) is 9.51. The first-order chi connectivity index (χ1) is 7.63. The van der Waals surface area contributed by atoms with E-state index in [-0.39, 0.29) is 5.54 Å². The number of carbonyl (C=O) groups is 1. The van der Waals surface area contributed by atoms with Gasteiger partial charge in [-0.3, -0.25) is 10.1 Å². The summed E-state index contributed by atoms with van der Waals surface area (Å²) in [5.74, 6) is 0. The summed E-state index contributed by atoms with van der Waals surface area (Å²) in [6.07, 6.45) is 6.36. The van der Waals surface area contributed by atoms with Crippen LogP contribution in [0.3, 0.4) is 0 Å². The molecular weight excluding hydrogens is 204 g/mol. The summed E-state index contributed by atoms with van der Waals surface area (Å²) < 4.78 is 7.32.